The van der Waals surface area contributed by atoms with Gasteiger partial charge in [0.25, 0.3) is 0 Å². The summed E-state index contributed by atoms with van der Waals surface area (Å²) < 4.78 is 38.4. The SMILES string of the molecule is CN=C(NCC(C)(C)SC)NC(C)c1cccc(C(F)(F)F)c1. The first kappa shape index (κ1) is 19.7. The van der Waals surface area contributed by atoms with Gasteiger partial charge in [0.2, 0.25) is 0 Å². The van der Waals surface area contributed by atoms with Crippen LogP contribution in [0.1, 0.15) is 37.9 Å². The van der Waals surface area contributed by atoms with Crippen molar-refractivity contribution in [2.75, 3.05) is 19.8 Å². The maximum atomic E-state index is 12.8. The molecule has 2 N–H and O–H groups in total. The summed E-state index contributed by atoms with van der Waals surface area (Å²) >= 11 is 1.73. The number of nitrogens with zero attached hydrogens (tertiary/aromatic N) is 1. The van der Waals surface area contributed by atoms with Crippen molar-refractivity contribution in [2.24, 2.45) is 4.99 Å². The first-order valence-corrected chi connectivity index (χ1v) is 8.51. The highest BCUT2D eigenvalue weighted by Gasteiger charge is 2.30. The number of guanidine groups is 1. The molecule has 0 aliphatic rings. The van der Waals surface area contributed by atoms with E-state index >= 15 is 0 Å². The lowest BCUT2D eigenvalue weighted by Gasteiger charge is -2.25. The van der Waals surface area contributed by atoms with Crippen molar-refractivity contribution in [1.82, 2.24) is 10.6 Å². The molecule has 3 nitrogen and oxygen atoms in total. The van der Waals surface area contributed by atoms with Gasteiger partial charge in [-0.2, -0.15) is 24.9 Å². The molecule has 0 spiro atoms. The zero-order valence-corrected chi connectivity index (χ0v) is 14.9. The Kier molecular flexibility index (Phi) is 6.80. The molecule has 1 aromatic carbocycles. The quantitative estimate of drug-likeness (QED) is 0.623. The van der Waals surface area contributed by atoms with Gasteiger partial charge in [-0.15, -0.1) is 0 Å². The van der Waals surface area contributed by atoms with Gasteiger partial charge < -0.3 is 10.6 Å². The molecule has 1 rings (SSSR count). The van der Waals surface area contributed by atoms with E-state index in [1.807, 2.05) is 13.2 Å². The van der Waals surface area contributed by atoms with Crippen LogP contribution in [-0.2, 0) is 6.18 Å². The third-order valence-corrected chi connectivity index (χ3v) is 4.77. The van der Waals surface area contributed by atoms with Gasteiger partial charge in [-0.05, 0) is 44.7 Å². The fraction of sp³-hybridized carbons (Fsp3) is 0.562. The lowest BCUT2D eigenvalue weighted by molar-refractivity contribution is -0.137. The molecule has 0 amide bonds. The fourth-order valence-corrected chi connectivity index (χ4v) is 2.05. The Balaban J connectivity index is 2.76. The van der Waals surface area contributed by atoms with Crippen molar-refractivity contribution in [3.05, 3.63) is 35.4 Å². The minimum Gasteiger partial charge on any atom is -0.355 e. The summed E-state index contributed by atoms with van der Waals surface area (Å²) in [7, 11) is 1.64. The van der Waals surface area contributed by atoms with E-state index in [-0.39, 0.29) is 10.8 Å². The third-order valence-electron chi connectivity index (χ3n) is 3.52. The van der Waals surface area contributed by atoms with Gasteiger partial charge in [0, 0.05) is 18.3 Å². The highest BCUT2D eigenvalue weighted by atomic mass is 32.2. The van der Waals surface area contributed by atoms with E-state index in [0.29, 0.717) is 18.1 Å². The van der Waals surface area contributed by atoms with Crippen LogP contribution >= 0.6 is 11.8 Å². The number of alkyl halides is 3. The number of aliphatic imine (C=N–C) groups is 1. The fourth-order valence-electron chi connectivity index (χ4n) is 1.84. The van der Waals surface area contributed by atoms with E-state index in [4.69, 9.17) is 0 Å². The molecule has 23 heavy (non-hydrogen) atoms. The molecule has 0 saturated heterocycles. The summed E-state index contributed by atoms with van der Waals surface area (Å²) in [6.45, 7) is 6.72. The van der Waals surface area contributed by atoms with Crippen LogP contribution in [0, 0.1) is 0 Å². The Morgan fingerprint density at radius 2 is 1.96 bits per heavy atom. The smallest absolute Gasteiger partial charge is 0.355 e. The highest BCUT2D eigenvalue weighted by molar-refractivity contribution is 7.99. The number of rotatable bonds is 5. The van der Waals surface area contributed by atoms with Crippen molar-refractivity contribution in [3.63, 3.8) is 0 Å². The van der Waals surface area contributed by atoms with Gasteiger partial charge in [-0.3, -0.25) is 4.99 Å². The predicted octanol–water partition coefficient (Wildman–Crippen LogP) is 4.07. The lowest BCUT2D eigenvalue weighted by atomic mass is 10.1. The summed E-state index contributed by atoms with van der Waals surface area (Å²) in [5.41, 5.74) is -0.0815. The van der Waals surface area contributed by atoms with Crippen molar-refractivity contribution in [2.45, 2.75) is 37.7 Å². The molecule has 0 aromatic heterocycles. The number of halogens is 3. The molecular formula is C16H24F3N3S. The average molecular weight is 347 g/mol. The predicted molar refractivity (Wildman–Crippen MR) is 92.0 cm³/mol. The number of thioether (sulfide) groups is 1. The molecule has 0 bridgehead atoms. The summed E-state index contributed by atoms with van der Waals surface area (Å²) in [6, 6.07) is 5.04. The Hall–Kier alpha value is -1.37. The number of nitrogens with one attached hydrogen (secondary N) is 2. The third kappa shape index (κ3) is 6.33. The van der Waals surface area contributed by atoms with Crippen molar-refractivity contribution < 1.29 is 13.2 Å². The van der Waals surface area contributed by atoms with Gasteiger partial charge in [0.15, 0.2) is 5.96 Å². The van der Waals surface area contributed by atoms with Gasteiger partial charge in [0.05, 0.1) is 11.6 Å². The molecule has 0 fully saturated rings. The molecule has 130 valence electrons. The van der Waals surface area contributed by atoms with Crippen LogP contribution < -0.4 is 10.6 Å². The highest BCUT2D eigenvalue weighted by Crippen LogP contribution is 2.30. The second-order valence-corrected chi connectivity index (χ2v) is 7.39. The number of benzene rings is 1. The first-order valence-electron chi connectivity index (χ1n) is 7.28. The van der Waals surface area contributed by atoms with E-state index < -0.39 is 11.7 Å². The number of hydrogen-bond donors (Lipinski definition) is 2. The Labute approximate surface area is 140 Å². The van der Waals surface area contributed by atoms with E-state index in [0.717, 1.165) is 12.1 Å². The van der Waals surface area contributed by atoms with E-state index in [9.17, 15) is 13.2 Å². The van der Waals surface area contributed by atoms with Crippen LogP contribution in [0.2, 0.25) is 0 Å². The summed E-state index contributed by atoms with van der Waals surface area (Å²) in [6.07, 6.45) is -2.30. The number of hydrogen-bond acceptors (Lipinski definition) is 2. The monoisotopic (exact) mass is 347 g/mol. The van der Waals surface area contributed by atoms with Gasteiger partial charge in [0.1, 0.15) is 0 Å². The van der Waals surface area contributed by atoms with Crippen LogP contribution in [-0.4, -0.2) is 30.6 Å². The van der Waals surface area contributed by atoms with Crippen LogP contribution in [0.25, 0.3) is 0 Å². The molecule has 7 heteroatoms. The second-order valence-electron chi connectivity index (χ2n) is 5.88. The first-order chi connectivity index (χ1) is 10.6. The largest absolute Gasteiger partial charge is 0.416 e. The molecule has 1 unspecified atom stereocenters. The van der Waals surface area contributed by atoms with Crippen LogP contribution in [0.3, 0.4) is 0 Å². The summed E-state index contributed by atoms with van der Waals surface area (Å²) in [4.78, 5) is 4.13. The van der Waals surface area contributed by atoms with Crippen LogP contribution in [0.15, 0.2) is 29.3 Å². The Morgan fingerprint density at radius 1 is 1.30 bits per heavy atom. The maximum Gasteiger partial charge on any atom is 0.416 e. The van der Waals surface area contributed by atoms with Crippen molar-refractivity contribution in [3.8, 4) is 0 Å². The summed E-state index contributed by atoms with van der Waals surface area (Å²) in [5.74, 6) is 0.567. The van der Waals surface area contributed by atoms with Crippen LogP contribution in [0.4, 0.5) is 13.2 Å². The lowest BCUT2D eigenvalue weighted by Crippen LogP contribution is -2.44. The van der Waals surface area contributed by atoms with Crippen LogP contribution in [0.5, 0.6) is 0 Å². The topological polar surface area (TPSA) is 36.4 Å². The molecule has 1 atom stereocenters. The van der Waals surface area contributed by atoms with Gasteiger partial charge in [-0.25, -0.2) is 0 Å². The zero-order chi connectivity index (χ0) is 17.7. The van der Waals surface area contributed by atoms with E-state index in [1.165, 1.54) is 6.07 Å². The maximum absolute atomic E-state index is 12.8. The van der Waals surface area contributed by atoms with Crippen molar-refractivity contribution in [1.29, 1.82) is 0 Å². The van der Waals surface area contributed by atoms with Crippen molar-refractivity contribution >= 4 is 17.7 Å². The van der Waals surface area contributed by atoms with Gasteiger partial charge >= 0.3 is 6.18 Å². The molecule has 1 aromatic rings. The molecular weight excluding hydrogens is 323 g/mol. The molecule has 0 saturated carbocycles. The molecule has 0 heterocycles. The summed E-state index contributed by atoms with van der Waals surface area (Å²) in [5, 5.41) is 6.32. The Bertz CT molecular complexity index is 542. The van der Waals surface area contributed by atoms with E-state index in [2.05, 4.69) is 29.5 Å². The standard InChI is InChI=1S/C16H24F3N3S/c1-11(12-7-6-8-13(9-12)16(17,18)19)22-14(20-4)21-10-15(2,3)23-5/h6-9,11H,10H2,1-5H3,(H2,20,21,22). The Morgan fingerprint density at radius 3 is 2.48 bits per heavy atom. The minimum atomic E-state index is -4.34. The normalized spacial score (nSPS) is 14.5. The molecule has 0 aliphatic heterocycles. The second kappa shape index (κ2) is 7.95. The average Bonchev–Trinajstić information content (AvgIpc) is 2.50. The zero-order valence-electron chi connectivity index (χ0n) is 14.1. The van der Waals surface area contributed by atoms with E-state index in [1.54, 1.807) is 24.9 Å². The molecule has 0 aliphatic carbocycles. The van der Waals surface area contributed by atoms with Gasteiger partial charge in [-0.1, -0.05) is 12.1 Å². The molecule has 0 radical (unpaired) electrons. The minimum absolute atomic E-state index is 0.0387.